The number of carbonyl (C=O) groups is 2. The topological polar surface area (TPSA) is 132 Å². The molecule has 0 spiro atoms. The molecule has 30 heavy (non-hydrogen) atoms. The number of pyridine rings is 1. The number of H-pyrrole nitrogens is 1. The lowest BCUT2D eigenvalue weighted by Crippen LogP contribution is -2.53. The molecule has 2 atom stereocenters. The maximum Gasteiger partial charge on any atom is 0.407 e. The van der Waals surface area contributed by atoms with Crippen molar-refractivity contribution in [3.63, 3.8) is 0 Å². The summed E-state index contributed by atoms with van der Waals surface area (Å²) in [4.78, 5) is 30.4. The number of rotatable bonds is 5. The average molecular weight is 416 g/mol. The molecule has 162 valence electrons. The first-order chi connectivity index (χ1) is 14.1. The molecular weight excluding hydrogens is 388 g/mol. The van der Waals surface area contributed by atoms with Crippen LogP contribution in [0.2, 0.25) is 0 Å². The molecule has 2 unspecified atom stereocenters. The number of aryl methyl sites for hydroxylation is 1. The molecule has 3 rings (SSSR count). The van der Waals surface area contributed by atoms with Crippen molar-refractivity contribution in [2.45, 2.75) is 45.8 Å². The number of piperidine rings is 1. The second kappa shape index (κ2) is 8.60. The summed E-state index contributed by atoms with van der Waals surface area (Å²) < 4.78 is 5.32. The first-order valence-corrected chi connectivity index (χ1v) is 9.81. The van der Waals surface area contributed by atoms with E-state index in [0.29, 0.717) is 37.0 Å². The lowest BCUT2D eigenvalue weighted by atomic mass is 9.94. The zero-order valence-electron chi connectivity index (χ0n) is 17.6. The fraction of sp³-hybridized carbons (Fsp3) is 0.500. The summed E-state index contributed by atoms with van der Waals surface area (Å²) in [6.07, 6.45) is 1.40. The molecule has 10 nitrogen and oxygen atoms in total. The molecule has 1 saturated heterocycles. The van der Waals surface area contributed by atoms with E-state index >= 15 is 0 Å². The normalized spacial score (nSPS) is 19.3. The Kier molecular flexibility index (Phi) is 6.14. The van der Waals surface area contributed by atoms with Gasteiger partial charge in [0.15, 0.2) is 0 Å². The van der Waals surface area contributed by atoms with Crippen LogP contribution in [0.5, 0.6) is 0 Å². The summed E-state index contributed by atoms with van der Waals surface area (Å²) in [7, 11) is 0. The zero-order valence-corrected chi connectivity index (χ0v) is 17.6. The molecule has 10 heteroatoms. The number of carboxylic acids is 1. The van der Waals surface area contributed by atoms with E-state index in [1.807, 2.05) is 24.0 Å². The SMILES string of the molecule is Cc1cc(Nc2ccn[nH]2)nc(N2CC(NC(=O)OC(C)(C)C)CC(C(=O)O)C2)c1. The summed E-state index contributed by atoms with van der Waals surface area (Å²) in [5.41, 5.74) is 0.340. The minimum Gasteiger partial charge on any atom is -0.481 e. The number of aromatic amines is 1. The van der Waals surface area contributed by atoms with Crippen LogP contribution in [0, 0.1) is 12.8 Å². The van der Waals surface area contributed by atoms with Gasteiger partial charge < -0.3 is 25.4 Å². The third-order valence-electron chi connectivity index (χ3n) is 4.56. The quantitative estimate of drug-likeness (QED) is 0.585. The molecule has 1 amide bonds. The highest BCUT2D eigenvalue weighted by molar-refractivity contribution is 5.72. The molecule has 0 aromatic carbocycles. The predicted molar refractivity (Wildman–Crippen MR) is 112 cm³/mol. The number of nitrogens with zero attached hydrogens (tertiary/aromatic N) is 3. The number of nitrogens with one attached hydrogen (secondary N) is 3. The number of hydrogen-bond acceptors (Lipinski definition) is 7. The lowest BCUT2D eigenvalue weighted by molar-refractivity contribution is -0.142. The van der Waals surface area contributed by atoms with Crippen LogP contribution in [0.4, 0.5) is 22.2 Å². The highest BCUT2D eigenvalue weighted by Gasteiger charge is 2.34. The van der Waals surface area contributed by atoms with Gasteiger partial charge in [0.05, 0.1) is 18.2 Å². The Morgan fingerprint density at radius 1 is 1.30 bits per heavy atom. The molecule has 1 fully saturated rings. The third-order valence-corrected chi connectivity index (χ3v) is 4.56. The Balaban J connectivity index is 1.78. The van der Waals surface area contributed by atoms with Gasteiger partial charge in [-0.2, -0.15) is 5.10 Å². The highest BCUT2D eigenvalue weighted by Crippen LogP contribution is 2.26. The van der Waals surface area contributed by atoms with Crippen molar-refractivity contribution in [2.24, 2.45) is 5.92 Å². The van der Waals surface area contributed by atoms with E-state index in [2.05, 4.69) is 25.8 Å². The summed E-state index contributed by atoms with van der Waals surface area (Å²) in [6.45, 7) is 8.03. The number of aliphatic carboxylic acids is 1. The molecule has 0 radical (unpaired) electrons. The van der Waals surface area contributed by atoms with Crippen LogP contribution >= 0.6 is 0 Å². The van der Waals surface area contributed by atoms with Crippen LogP contribution in [0.1, 0.15) is 32.8 Å². The average Bonchev–Trinajstić information content (AvgIpc) is 3.12. The van der Waals surface area contributed by atoms with Crippen molar-refractivity contribution in [1.82, 2.24) is 20.5 Å². The summed E-state index contributed by atoms with van der Waals surface area (Å²) in [6, 6.07) is 5.19. The minimum atomic E-state index is -0.904. The van der Waals surface area contributed by atoms with Crippen LogP contribution in [0.25, 0.3) is 0 Å². The summed E-state index contributed by atoms with van der Waals surface area (Å²) in [5.74, 6) is 0.414. The van der Waals surface area contributed by atoms with E-state index in [9.17, 15) is 14.7 Å². The number of aromatic nitrogens is 3. The Morgan fingerprint density at radius 2 is 2.07 bits per heavy atom. The van der Waals surface area contributed by atoms with Gasteiger partial charge in [0.25, 0.3) is 0 Å². The van der Waals surface area contributed by atoms with E-state index < -0.39 is 23.6 Å². The molecule has 3 heterocycles. The van der Waals surface area contributed by atoms with Gasteiger partial charge in [-0.05, 0) is 51.8 Å². The van der Waals surface area contributed by atoms with Gasteiger partial charge in [0.1, 0.15) is 23.1 Å². The molecule has 0 aliphatic carbocycles. The van der Waals surface area contributed by atoms with E-state index in [1.165, 1.54) is 0 Å². The van der Waals surface area contributed by atoms with Gasteiger partial charge in [-0.25, -0.2) is 9.78 Å². The van der Waals surface area contributed by atoms with Crippen molar-refractivity contribution in [1.29, 1.82) is 0 Å². The lowest BCUT2D eigenvalue weighted by Gasteiger charge is -2.37. The van der Waals surface area contributed by atoms with Crippen LogP contribution in [0.3, 0.4) is 0 Å². The minimum absolute atomic E-state index is 0.307. The van der Waals surface area contributed by atoms with E-state index in [4.69, 9.17) is 4.74 Å². The summed E-state index contributed by atoms with van der Waals surface area (Å²) >= 11 is 0. The number of carboxylic acid groups (broad SMARTS) is 1. The molecular formula is C20H28N6O4. The number of ether oxygens (including phenoxy) is 1. The maximum absolute atomic E-state index is 12.2. The number of alkyl carbamates (subject to hydrolysis) is 1. The predicted octanol–water partition coefficient (Wildman–Crippen LogP) is 2.66. The first kappa shape index (κ1) is 21.4. The standard InChI is InChI=1S/C20H28N6O4/c1-12-7-16(23-15-5-6-21-25-15)24-17(8-12)26-10-13(18(27)28)9-14(11-26)22-19(29)30-20(2,3)4/h5-8,13-14H,9-11H2,1-4H3,(H,22,29)(H,27,28)(H2,21,23,24,25). The Labute approximate surface area is 175 Å². The van der Waals surface area contributed by atoms with Crippen LogP contribution in [-0.4, -0.2) is 57.1 Å². The van der Waals surface area contributed by atoms with Gasteiger partial charge in [-0.3, -0.25) is 9.89 Å². The number of hydrogen-bond donors (Lipinski definition) is 4. The molecule has 0 bridgehead atoms. The van der Waals surface area contributed by atoms with Gasteiger partial charge in [0, 0.05) is 19.2 Å². The van der Waals surface area contributed by atoms with Gasteiger partial charge >= 0.3 is 12.1 Å². The third kappa shape index (κ3) is 5.85. The van der Waals surface area contributed by atoms with Crippen molar-refractivity contribution in [3.05, 3.63) is 30.0 Å². The van der Waals surface area contributed by atoms with E-state index in [0.717, 1.165) is 5.56 Å². The molecule has 1 aliphatic heterocycles. The summed E-state index contributed by atoms with van der Waals surface area (Å²) in [5, 5.41) is 22.3. The Morgan fingerprint density at radius 3 is 2.70 bits per heavy atom. The Hall–Kier alpha value is -3.30. The highest BCUT2D eigenvalue weighted by atomic mass is 16.6. The van der Waals surface area contributed by atoms with Crippen LogP contribution < -0.4 is 15.5 Å². The zero-order chi connectivity index (χ0) is 21.9. The monoisotopic (exact) mass is 416 g/mol. The fourth-order valence-electron chi connectivity index (χ4n) is 3.38. The van der Waals surface area contributed by atoms with Crippen molar-refractivity contribution in [3.8, 4) is 0 Å². The van der Waals surface area contributed by atoms with Gasteiger partial charge in [-0.1, -0.05) is 0 Å². The number of carbonyl (C=O) groups excluding carboxylic acids is 1. The molecule has 4 N–H and O–H groups in total. The Bertz CT molecular complexity index is 893. The molecule has 2 aromatic rings. The van der Waals surface area contributed by atoms with E-state index in [-0.39, 0.29) is 6.04 Å². The molecule has 2 aromatic heterocycles. The fourth-order valence-corrected chi connectivity index (χ4v) is 3.38. The molecule has 1 aliphatic rings. The second-order valence-electron chi connectivity index (χ2n) is 8.50. The van der Waals surface area contributed by atoms with Crippen LogP contribution in [-0.2, 0) is 9.53 Å². The largest absolute Gasteiger partial charge is 0.481 e. The van der Waals surface area contributed by atoms with Crippen molar-refractivity contribution < 1.29 is 19.4 Å². The van der Waals surface area contributed by atoms with Crippen molar-refractivity contribution >= 4 is 29.5 Å². The second-order valence-corrected chi connectivity index (χ2v) is 8.50. The first-order valence-electron chi connectivity index (χ1n) is 9.81. The molecule has 0 saturated carbocycles. The van der Waals surface area contributed by atoms with Gasteiger partial charge in [0.2, 0.25) is 0 Å². The smallest absolute Gasteiger partial charge is 0.407 e. The van der Waals surface area contributed by atoms with E-state index in [1.54, 1.807) is 33.0 Å². The maximum atomic E-state index is 12.2. The number of amides is 1. The van der Waals surface area contributed by atoms with Crippen molar-refractivity contribution in [2.75, 3.05) is 23.3 Å². The number of anilines is 3. The van der Waals surface area contributed by atoms with Crippen LogP contribution in [0.15, 0.2) is 24.4 Å². The van der Waals surface area contributed by atoms with Gasteiger partial charge in [-0.15, -0.1) is 0 Å².